The average Bonchev–Trinajstić information content (AvgIpc) is 3.39. The Bertz CT molecular complexity index is 1410. The number of anilines is 1. The van der Waals surface area contributed by atoms with Crippen molar-refractivity contribution < 1.29 is 18.3 Å². The van der Waals surface area contributed by atoms with Crippen LogP contribution in [0, 0.1) is 5.82 Å². The number of fused-ring (bicyclic) bond motifs is 3. The quantitative estimate of drug-likeness (QED) is 0.430. The van der Waals surface area contributed by atoms with Crippen molar-refractivity contribution >= 4 is 44.9 Å². The van der Waals surface area contributed by atoms with Crippen molar-refractivity contribution in [1.29, 1.82) is 0 Å². The Kier molecular flexibility index (Phi) is 5.62. The lowest BCUT2D eigenvalue weighted by Gasteiger charge is -2.13. The molecule has 0 saturated carbocycles. The second-order valence-corrected chi connectivity index (χ2v) is 7.78. The molecule has 166 valence electrons. The number of methoxy groups -OCH3 is 1. The maximum atomic E-state index is 13.9. The lowest BCUT2D eigenvalue weighted by molar-refractivity contribution is 0.176. The maximum absolute atomic E-state index is 13.9. The SMILES string of the molecule is COCCN1C=C(c2cccc(F)c2)/C(=N/C(=O)Nc2cccc3oc4ccccc4c23)C1. The molecule has 6 nitrogen and oxygen atoms in total. The van der Waals surface area contributed by atoms with E-state index in [1.54, 1.807) is 19.2 Å². The number of ether oxygens (including phenoxy) is 1. The van der Waals surface area contributed by atoms with Crippen LogP contribution in [-0.4, -0.2) is 43.4 Å². The summed E-state index contributed by atoms with van der Waals surface area (Å²) < 4.78 is 24.9. The minimum Gasteiger partial charge on any atom is -0.456 e. The van der Waals surface area contributed by atoms with Crippen molar-refractivity contribution in [1.82, 2.24) is 4.90 Å². The number of nitrogens with one attached hydrogen (secondary N) is 1. The first-order valence-electron chi connectivity index (χ1n) is 10.6. The van der Waals surface area contributed by atoms with Gasteiger partial charge in [0.2, 0.25) is 0 Å². The van der Waals surface area contributed by atoms with Gasteiger partial charge in [-0.05, 0) is 35.9 Å². The Labute approximate surface area is 190 Å². The molecule has 2 amide bonds. The second kappa shape index (κ2) is 8.88. The number of furan rings is 1. The molecule has 1 aliphatic rings. The maximum Gasteiger partial charge on any atom is 0.345 e. The molecule has 4 aromatic rings. The molecule has 0 saturated heterocycles. The summed E-state index contributed by atoms with van der Waals surface area (Å²) >= 11 is 0. The summed E-state index contributed by atoms with van der Waals surface area (Å²) in [5, 5.41) is 4.65. The van der Waals surface area contributed by atoms with E-state index < -0.39 is 6.03 Å². The molecule has 1 N–H and O–H groups in total. The number of nitrogens with zero attached hydrogens (tertiary/aromatic N) is 2. The van der Waals surface area contributed by atoms with Gasteiger partial charge in [0, 0.05) is 30.8 Å². The molecule has 0 unspecified atom stereocenters. The zero-order valence-corrected chi connectivity index (χ0v) is 18.0. The smallest absolute Gasteiger partial charge is 0.345 e. The van der Waals surface area contributed by atoms with Crippen molar-refractivity contribution in [2.45, 2.75) is 0 Å². The second-order valence-electron chi connectivity index (χ2n) is 7.78. The van der Waals surface area contributed by atoms with Crippen LogP contribution in [0.4, 0.5) is 14.9 Å². The molecule has 1 aliphatic heterocycles. The number of hydrogen-bond donors (Lipinski definition) is 1. The van der Waals surface area contributed by atoms with Crippen LogP contribution < -0.4 is 5.32 Å². The fraction of sp³-hybridized carbons (Fsp3) is 0.154. The molecule has 2 heterocycles. The molecular weight excluding hydrogens is 421 g/mol. The van der Waals surface area contributed by atoms with Gasteiger partial charge in [-0.3, -0.25) is 0 Å². The highest BCUT2D eigenvalue weighted by atomic mass is 19.1. The summed E-state index contributed by atoms with van der Waals surface area (Å²) in [5.74, 6) is -0.342. The van der Waals surface area contributed by atoms with Crippen molar-refractivity contribution in [2.75, 3.05) is 32.1 Å². The Morgan fingerprint density at radius 3 is 2.79 bits per heavy atom. The van der Waals surface area contributed by atoms with E-state index in [2.05, 4.69) is 10.3 Å². The highest BCUT2D eigenvalue weighted by Gasteiger charge is 2.23. The van der Waals surface area contributed by atoms with E-state index >= 15 is 0 Å². The largest absolute Gasteiger partial charge is 0.456 e. The zero-order chi connectivity index (χ0) is 22.8. The van der Waals surface area contributed by atoms with E-state index in [1.807, 2.05) is 53.6 Å². The van der Waals surface area contributed by atoms with Gasteiger partial charge in [0.05, 0.1) is 29.9 Å². The number of para-hydroxylation sites is 1. The minimum atomic E-state index is -0.501. The van der Waals surface area contributed by atoms with Crippen LogP contribution in [0.3, 0.4) is 0 Å². The number of rotatable bonds is 5. The molecule has 0 atom stereocenters. The highest BCUT2D eigenvalue weighted by Crippen LogP contribution is 2.34. The highest BCUT2D eigenvalue weighted by molar-refractivity contribution is 6.29. The summed E-state index contributed by atoms with van der Waals surface area (Å²) in [7, 11) is 1.63. The average molecular weight is 443 g/mol. The van der Waals surface area contributed by atoms with E-state index in [-0.39, 0.29) is 5.82 Å². The number of carbonyl (C=O) groups excluding carboxylic acids is 1. The number of urea groups is 1. The predicted molar refractivity (Wildman–Crippen MR) is 128 cm³/mol. The van der Waals surface area contributed by atoms with Gasteiger partial charge in [0.1, 0.15) is 17.0 Å². The van der Waals surface area contributed by atoms with Gasteiger partial charge in [0.15, 0.2) is 0 Å². The van der Waals surface area contributed by atoms with Gasteiger partial charge < -0.3 is 19.4 Å². The Morgan fingerprint density at radius 1 is 1.12 bits per heavy atom. The fourth-order valence-corrected chi connectivity index (χ4v) is 4.07. The number of amides is 2. The monoisotopic (exact) mass is 443 g/mol. The van der Waals surface area contributed by atoms with Crippen LogP contribution in [-0.2, 0) is 4.74 Å². The molecule has 0 fully saturated rings. The summed E-state index contributed by atoms with van der Waals surface area (Å²) in [6.07, 6.45) is 1.89. The molecule has 0 aliphatic carbocycles. The van der Waals surface area contributed by atoms with Crippen LogP contribution in [0.5, 0.6) is 0 Å². The third-order valence-electron chi connectivity index (χ3n) is 5.57. The Morgan fingerprint density at radius 2 is 1.94 bits per heavy atom. The molecule has 1 aromatic heterocycles. The molecule has 7 heteroatoms. The van der Waals surface area contributed by atoms with Crippen molar-refractivity contribution in [3.05, 3.63) is 84.3 Å². The van der Waals surface area contributed by atoms with Gasteiger partial charge in [-0.25, -0.2) is 9.18 Å². The van der Waals surface area contributed by atoms with Gasteiger partial charge in [-0.1, -0.05) is 36.4 Å². The van der Waals surface area contributed by atoms with Crippen molar-refractivity contribution in [3.8, 4) is 0 Å². The number of aliphatic imine (C=N–C) groups is 1. The van der Waals surface area contributed by atoms with E-state index in [4.69, 9.17) is 9.15 Å². The van der Waals surface area contributed by atoms with Gasteiger partial charge >= 0.3 is 6.03 Å². The van der Waals surface area contributed by atoms with Crippen LogP contribution in [0.2, 0.25) is 0 Å². The van der Waals surface area contributed by atoms with Crippen LogP contribution in [0.15, 0.2) is 82.3 Å². The van der Waals surface area contributed by atoms with Crippen LogP contribution in [0.25, 0.3) is 27.5 Å². The number of halogens is 1. The first kappa shape index (κ1) is 20.9. The molecule has 0 radical (unpaired) electrons. The van der Waals surface area contributed by atoms with Crippen LogP contribution in [0.1, 0.15) is 5.56 Å². The lowest BCUT2D eigenvalue weighted by Crippen LogP contribution is -2.23. The van der Waals surface area contributed by atoms with Gasteiger partial charge in [0.25, 0.3) is 0 Å². The first-order chi connectivity index (χ1) is 16.1. The third kappa shape index (κ3) is 4.23. The van der Waals surface area contributed by atoms with Gasteiger partial charge in [-0.2, -0.15) is 4.99 Å². The molecule has 0 spiro atoms. The van der Waals surface area contributed by atoms with E-state index in [0.717, 1.165) is 16.4 Å². The number of hydrogen-bond acceptors (Lipinski definition) is 4. The van der Waals surface area contributed by atoms with E-state index in [0.29, 0.717) is 47.8 Å². The van der Waals surface area contributed by atoms with Crippen LogP contribution >= 0.6 is 0 Å². The minimum absolute atomic E-state index is 0.342. The molecule has 5 rings (SSSR count). The predicted octanol–water partition coefficient (Wildman–Crippen LogP) is 5.70. The molecule has 3 aromatic carbocycles. The summed E-state index contributed by atoms with van der Waals surface area (Å²) in [4.78, 5) is 19.3. The number of benzene rings is 3. The zero-order valence-electron chi connectivity index (χ0n) is 18.0. The number of carbonyl (C=O) groups is 1. The van der Waals surface area contributed by atoms with Crippen molar-refractivity contribution in [2.24, 2.45) is 4.99 Å². The summed E-state index contributed by atoms with van der Waals surface area (Å²) in [6, 6.07) is 19.0. The standard InChI is InChI=1S/C26H22FN3O3/c1-32-13-12-30-15-20(17-6-4-7-18(27)14-17)22(16-30)29-26(31)28-21-9-5-11-24-25(21)19-8-2-3-10-23(19)33-24/h2-11,14-15H,12-13,16H2,1H3,(H,28,31)/b29-22+. The summed E-state index contributed by atoms with van der Waals surface area (Å²) in [6.45, 7) is 1.60. The molecule has 33 heavy (non-hydrogen) atoms. The van der Waals surface area contributed by atoms with E-state index in [1.165, 1.54) is 12.1 Å². The van der Waals surface area contributed by atoms with Crippen molar-refractivity contribution in [3.63, 3.8) is 0 Å². The van der Waals surface area contributed by atoms with E-state index in [9.17, 15) is 9.18 Å². The Hall–Kier alpha value is -3.97. The normalized spacial score (nSPS) is 14.9. The topological polar surface area (TPSA) is 67.1 Å². The van der Waals surface area contributed by atoms with Gasteiger partial charge in [-0.15, -0.1) is 0 Å². The fourth-order valence-electron chi connectivity index (χ4n) is 4.07. The lowest BCUT2D eigenvalue weighted by atomic mass is 10.0. The third-order valence-corrected chi connectivity index (χ3v) is 5.57. The Balaban J connectivity index is 1.46. The molecular formula is C26H22FN3O3. The first-order valence-corrected chi connectivity index (χ1v) is 10.6. The molecule has 0 bridgehead atoms. The summed E-state index contributed by atoms with van der Waals surface area (Å²) in [5.41, 5.74) is 4.02.